The molecule has 0 aromatic carbocycles. The lowest BCUT2D eigenvalue weighted by molar-refractivity contribution is 0.0951. The standard InChI is InChI=1S/C13H15N5O/c1-9-7-15-4-2-11(9)8-17-13(19)10-3-5-16-12(6-10)18-14/h2-7H,8,14H2,1H3,(H,16,18)(H,17,19). The van der Waals surface area contributed by atoms with E-state index in [1.807, 2.05) is 13.0 Å². The lowest BCUT2D eigenvalue weighted by Crippen LogP contribution is -2.23. The number of hydrazine groups is 1. The summed E-state index contributed by atoms with van der Waals surface area (Å²) in [5, 5.41) is 2.84. The van der Waals surface area contributed by atoms with Crippen LogP contribution in [0, 0.1) is 6.92 Å². The summed E-state index contributed by atoms with van der Waals surface area (Å²) in [5.41, 5.74) is 4.99. The molecule has 0 saturated carbocycles. The van der Waals surface area contributed by atoms with Crippen molar-refractivity contribution in [1.82, 2.24) is 15.3 Å². The number of pyridine rings is 2. The molecule has 6 nitrogen and oxygen atoms in total. The Morgan fingerprint density at radius 1 is 1.37 bits per heavy atom. The second-order valence-corrected chi connectivity index (χ2v) is 4.06. The van der Waals surface area contributed by atoms with Gasteiger partial charge in [-0.05, 0) is 36.2 Å². The molecule has 0 fully saturated rings. The highest BCUT2D eigenvalue weighted by molar-refractivity contribution is 5.94. The number of carbonyl (C=O) groups is 1. The molecule has 2 rings (SSSR count). The number of aromatic nitrogens is 2. The van der Waals surface area contributed by atoms with Crippen LogP contribution in [0.5, 0.6) is 0 Å². The van der Waals surface area contributed by atoms with E-state index in [9.17, 15) is 4.79 Å². The average molecular weight is 257 g/mol. The maximum Gasteiger partial charge on any atom is 0.251 e. The number of nitrogen functional groups attached to an aromatic ring is 1. The lowest BCUT2D eigenvalue weighted by Gasteiger charge is -2.08. The molecule has 2 heterocycles. The van der Waals surface area contributed by atoms with E-state index in [4.69, 9.17) is 5.84 Å². The van der Waals surface area contributed by atoms with Crippen LogP contribution in [0.2, 0.25) is 0 Å². The molecule has 0 saturated heterocycles. The van der Waals surface area contributed by atoms with E-state index in [0.29, 0.717) is 17.9 Å². The SMILES string of the molecule is Cc1cnccc1CNC(=O)c1ccnc(NN)c1. The number of nitrogens with two attached hydrogens (primary N) is 1. The van der Waals surface area contributed by atoms with Gasteiger partial charge in [-0.3, -0.25) is 9.78 Å². The van der Waals surface area contributed by atoms with Crippen LogP contribution in [0.3, 0.4) is 0 Å². The van der Waals surface area contributed by atoms with Crippen LogP contribution >= 0.6 is 0 Å². The zero-order chi connectivity index (χ0) is 13.7. The molecule has 98 valence electrons. The summed E-state index contributed by atoms with van der Waals surface area (Å²) in [6, 6.07) is 5.11. The molecule has 4 N–H and O–H groups in total. The van der Waals surface area contributed by atoms with Gasteiger partial charge in [-0.1, -0.05) is 0 Å². The first-order valence-electron chi connectivity index (χ1n) is 5.81. The summed E-state index contributed by atoms with van der Waals surface area (Å²) >= 11 is 0. The third kappa shape index (κ3) is 3.26. The third-order valence-corrected chi connectivity index (χ3v) is 2.75. The van der Waals surface area contributed by atoms with E-state index in [2.05, 4.69) is 20.7 Å². The Balaban J connectivity index is 2.03. The Bertz CT molecular complexity index is 585. The van der Waals surface area contributed by atoms with Crippen molar-refractivity contribution in [1.29, 1.82) is 0 Å². The fourth-order valence-electron chi connectivity index (χ4n) is 1.63. The molecule has 1 amide bonds. The third-order valence-electron chi connectivity index (χ3n) is 2.75. The fraction of sp³-hybridized carbons (Fsp3) is 0.154. The minimum absolute atomic E-state index is 0.171. The molecule has 0 unspecified atom stereocenters. The van der Waals surface area contributed by atoms with Crippen LogP contribution in [0.4, 0.5) is 5.82 Å². The molecule has 2 aromatic heterocycles. The Labute approximate surface area is 111 Å². The molecule has 0 bridgehead atoms. The number of amides is 1. The average Bonchev–Trinajstić information content (AvgIpc) is 2.46. The molecule has 0 aliphatic rings. The highest BCUT2D eigenvalue weighted by Crippen LogP contribution is 2.07. The minimum atomic E-state index is -0.171. The van der Waals surface area contributed by atoms with Gasteiger partial charge < -0.3 is 10.7 Å². The Hall–Kier alpha value is -2.47. The summed E-state index contributed by atoms with van der Waals surface area (Å²) < 4.78 is 0. The monoisotopic (exact) mass is 257 g/mol. The van der Waals surface area contributed by atoms with Crippen LogP contribution < -0.4 is 16.6 Å². The number of nitrogens with zero attached hydrogens (tertiary/aromatic N) is 2. The quantitative estimate of drug-likeness (QED) is 0.561. The number of anilines is 1. The van der Waals surface area contributed by atoms with Crippen LogP contribution in [-0.4, -0.2) is 15.9 Å². The summed E-state index contributed by atoms with van der Waals surface area (Å²) in [4.78, 5) is 19.9. The summed E-state index contributed by atoms with van der Waals surface area (Å²) in [6.07, 6.45) is 5.00. The van der Waals surface area contributed by atoms with Crippen LogP contribution in [0.15, 0.2) is 36.8 Å². The van der Waals surface area contributed by atoms with E-state index < -0.39 is 0 Å². The second kappa shape index (κ2) is 5.92. The van der Waals surface area contributed by atoms with Crippen LogP contribution in [0.1, 0.15) is 21.5 Å². The van der Waals surface area contributed by atoms with Crippen molar-refractivity contribution in [3.63, 3.8) is 0 Å². The van der Waals surface area contributed by atoms with Crippen molar-refractivity contribution in [3.05, 3.63) is 53.5 Å². The predicted octanol–water partition coefficient (Wildman–Crippen LogP) is 1.00. The van der Waals surface area contributed by atoms with Gasteiger partial charge in [0.15, 0.2) is 0 Å². The summed E-state index contributed by atoms with van der Waals surface area (Å²) in [6.45, 7) is 2.41. The lowest BCUT2D eigenvalue weighted by atomic mass is 10.1. The molecular formula is C13H15N5O. The number of nitrogens with one attached hydrogen (secondary N) is 2. The van der Waals surface area contributed by atoms with E-state index in [1.54, 1.807) is 24.5 Å². The van der Waals surface area contributed by atoms with Gasteiger partial charge in [-0.25, -0.2) is 10.8 Å². The Kier molecular flexibility index (Phi) is 4.04. The molecule has 19 heavy (non-hydrogen) atoms. The van der Waals surface area contributed by atoms with Crippen molar-refractivity contribution < 1.29 is 4.79 Å². The first kappa shape index (κ1) is 13.0. The molecular weight excluding hydrogens is 242 g/mol. The molecule has 0 spiro atoms. The molecule has 6 heteroatoms. The number of carbonyl (C=O) groups excluding carboxylic acids is 1. The zero-order valence-electron chi connectivity index (χ0n) is 10.6. The maximum atomic E-state index is 12.0. The van der Waals surface area contributed by atoms with Crippen molar-refractivity contribution >= 4 is 11.7 Å². The summed E-state index contributed by atoms with van der Waals surface area (Å²) in [5.74, 6) is 5.53. The van der Waals surface area contributed by atoms with Crippen LogP contribution in [0.25, 0.3) is 0 Å². The molecule has 0 aliphatic heterocycles. The van der Waals surface area contributed by atoms with Crippen molar-refractivity contribution in [2.75, 3.05) is 5.43 Å². The first-order chi connectivity index (χ1) is 9.20. The van der Waals surface area contributed by atoms with Gasteiger partial charge >= 0.3 is 0 Å². The van der Waals surface area contributed by atoms with Crippen molar-refractivity contribution in [2.24, 2.45) is 5.84 Å². The smallest absolute Gasteiger partial charge is 0.251 e. The largest absolute Gasteiger partial charge is 0.348 e. The number of hydrogen-bond donors (Lipinski definition) is 3. The van der Waals surface area contributed by atoms with Crippen molar-refractivity contribution in [2.45, 2.75) is 13.5 Å². The fourth-order valence-corrected chi connectivity index (χ4v) is 1.63. The second-order valence-electron chi connectivity index (χ2n) is 4.06. The van der Waals surface area contributed by atoms with Gasteiger partial charge in [0.25, 0.3) is 5.91 Å². The van der Waals surface area contributed by atoms with E-state index in [-0.39, 0.29) is 5.91 Å². The number of aryl methyl sites for hydroxylation is 1. The Morgan fingerprint density at radius 3 is 2.95 bits per heavy atom. The van der Waals surface area contributed by atoms with Gasteiger partial charge in [-0.2, -0.15) is 0 Å². The van der Waals surface area contributed by atoms with Gasteiger partial charge in [0.05, 0.1) is 0 Å². The van der Waals surface area contributed by atoms with E-state index >= 15 is 0 Å². The van der Waals surface area contributed by atoms with Gasteiger partial charge in [-0.15, -0.1) is 0 Å². The molecule has 2 aromatic rings. The minimum Gasteiger partial charge on any atom is -0.348 e. The van der Waals surface area contributed by atoms with Gasteiger partial charge in [0.1, 0.15) is 5.82 Å². The first-order valence-corrected chi connectivity index (χ1v) is 5.81. The predicted molar refractivity (Wildman–Crippen MR) is 72.2 cm³/mol. The molecule has 0 atom stereocenters. The van der Waals surface area contributed by atoms with E-state index in [0.717, 1.165) is 11.1 Å². The summed E-state index contributed by atoms with van der Waals surface area (Å²) in [7, 11) is 0. The maximum absolute atomic E-state index is 12.0. The van der Waals surface area contributed by atoms with E-state index in [1.165, 1.54) is 6.20 Å². The number of rotatable bonds is 4. The van der Waals surface area contributed by atoms with Crippen molar-refractivity contribution in [3.8, 4) is 0 Å². The van der Waals surface area contributed by atoms with Gasteiger partial charge in [0.2, 0.25) is 0 Å². The molecule has 0 aliphatic carbocycles. The van der Waals surface area contributed by atoms with Crippen LogP contribution in [-0.2, 0) is 6.54 Å². The molecule has 0 radical (unpaired) electrons. The zero-order valence-corrected chi connectivity index (χ0v) is 10.6. The highest BCUT2D eigenvalue weighted by Gasteiger charge is 2.07. The topological polar surface area (TPSA) is 92.9 Å². The highest BCUT2D eigenvalue weighted by atomic mass is 16.1. The number of hydrogen-bond acceptors (Lipinski definition) is 5. The normalized spacial score (nSPS) is 10.0. The Morgan fingerprint density at radius 2 is 2.21 bits per heavy atom. The van der Waals surface area contributed by atoms with Gasteiger partial charge in [0, 0.05) is 30.7 Å².